The largest absolute Gasteiger partial charge is 0.372 e. The van der Waals surface area contributed by atoms with Gasteiger partial charge in [0.15, 0.2) is 0 Å². The van der Waals surface area contributed by atoms with Gasteiger partial charge < -0.3 is 20.3 Å². The topological polar surface area (TPSA) is 96.5 Å². The SMILES string of the molecule is C[C@@H]1CN(c2ccncc2NC(=O)c2ccnc(NC(=O)C3CC3)c2)C[C@H](C)O1. The van der Waals surface area contributed by atoms with Crippen LogP contribution in [0, 0.1) is 5.92 Å². The fraction of sp³-hybridized carbons (Fsp3) is 0.429. The summed E-state index contributed by atoms with van der Waals surface area (Å²) in [5.74, 6) is 0.139. The molecular weight excluding hydrogens is 370 g/mol. The highest BCUT2D eigenvalue weighted by Gasteiger charge is 2.30. The summed E-state index contributed by atoms with van der Waals surface area (Å²) in [5, 5.41) is 5.72. The molecule has 8 heteroatoms. The number of amides is 2. The molecule has 2 N–H and O–H groups in total. The van der Waals surface area contributed by atoms with Gasteiger partial charge in [-0.2, -0.15) is 0 Å². The summed E-state index contributed by atoms with van der Waals surface area (Å²) in [4.78, 5) is 35.3. The average Bonchev–Trinajstić information content (AvgIpc) is 3.53. The van der Waals surface area contributed by atoms with Crippen molar-refractivity contribution in [3.8, 4) is 0 Å². The van der Waals surface area contributed by atoms with Crippen LogP contribution in [0.4, 0.5) is 17.2 Å². The number of ether oxygens (including phenoxy) is 1. The standard InChI is InChI=1S/C21H25N5O3/c1-13-11-26(12-14(2)29-13)18-6-7-22-10-17(18)24-21(28)16-5-8-23-19(9-16)25-20(27)15-3-4-15/h5-10,13-15H,3-4,11-12H2,1-2H3,(H,24,28)(H,23,25,27)/t13-,14+. The number of carbonyl (C=O) groups is 2. The number of hydrogen-bond acceptors (Lipinski definition) is 6. The van der Waals surface area contributed by atoms with E-state index in [9.17, 15) is 9.59 Å². The molecular formula is C21H25N5O3. The molecule has 0 spiro atoms. The van der Waals surface area contributed by atoms with Gasteiger partial charge in [0.05, 0.1) is 29.8 Å². The van der Waals surface area contributed by atoms with E-state index in [1.165, 1.54) is 6.20 Å². The molecule has 1 aliphatic carbocycles. The van der Waals surface area contributed by atoms with Crippen LogP contribution < -0.4 is 15.5 Å². The van der Waals surface area contributed by atoms with Gasteiger partial charge in [0, 0.05) is 37.0 Å². The van der Waals surface area contributed by atoms with E-state index in [2.05, 4.69) is 25.5 Å². The molecule has 2 aromatic heterocycles. The summed E-state index contributed by atoms with van der Waals surface area (Å²) < 4.78 is 5.81. The van der Waals surface area contributed by atoms with Crippen LogP contribution in [0.25, 0.3) is 0 Å². The first-order chi connectivity index (χ1) is 14.0. The molecule has 0 bridgehead atoms. The zero-order valence-electron chi connectivity index (χ0n) is 16.6. The van der Waals surface area contributed by atoms with Gasteiger partial charge in [-0.3, -0.25) is 14.6 Å². The first kappa shape index (κ1) is 19.3. The van der Waals surface area contributed by atoms with Crippen molar-refractivity contribution < 1.29 is 14.3 Å². The van der Waals surface area contributed by atoms with Crippen LogP contribution in [0.2, 0.25) is 0 Å². The summed E-state index contributed by atoms with van der Waals surface area (Å²) >= 11 is 0. The Bertz CT molecular complexity index is 905. The number of nitrogens with zero attached hydrogens (tertiary/aromatic N) is 3. The molecule has 2 fully saturated rings. The van der Waals surface area contributed by atoms with Crippen molar-refractivity contribution in [3.05, 3.63) is 42.4 Å². The molecule has 8 nitrogen and oxygen atoms in total. The van der Waals surface area contributed by atoms with Crippen LogP contribution in [0.15, 0.2) is 36.8 Å². The van der Waals surface area contributed by atoms with Gasteiger partial charge in [0.25, 0.3) is 5.91 Å². The molecule has 3 heterocycles. The second-order valence-electron chi connectivity index (χ2n) is 7.70. The highest BCUT2D eigenvalue weighted by atomic mass is 16.5. The fourth-order valence-electron chi connectivity index (χ4n) is 3.54. The van der Waals surface area contributed by atoms with Crippen LogP contribution in [0.5, 0.6) is 0 Å². The lowest BCUT2D eigenvalue weighted by molar-refractivity contribution is -0.117. The van der Waals surface area contributed by atoms with Crippen molar-refractivity contribution in [2.24, 2.45) is 5.92 Å². The Hall–Kier alpha value is -3.00. The molecule has 4 rings (SSSR count). The van der Waals surface area contributed by atoms with E-state index < -0.39 is 0 Å². The van der Waals surface area contributed by atoms with Gasteiger partial charge in [-0.1, -0.05) is 0 Å². The van der Waals surface area contributed by atoms with E-state index in [0.717, 1.165) is 31.6 Å². The minimum Gasteiger partial charge on any atom is -0.372 e. The van der Waals surface area contributed by atoms with Gasteiger partial charge in [-0.25, -0.2) is 4.98 Å². The number of hydrogen-bond donors (Lipinski definition) is 2. The Labute approximate surface area is 169 Å². The Morgan fingerprint density at radius 2 is 1.86 bits per heavy atom. The second-order valence-corrected chi connectivity index (χ2v) is 7.70. The van der Waals surface area contributed by atoms with Crippen LogP contribution in [0.3, 0.4) is 0 Å². The maximum absolute atomic E-state index is 12.8. The highest BCUT2D eigenvalue weighted by molar-refractivity contribution is 6.06. The van der Waals surface area contributed by atoms with Gasteiger partial charge in [-0.05, 0) is 44.9 Å². The number of nitrogens with one attached hydrogen (secondary N) is 2. The molecule has 0 radical (unpaired) electrons. The predicted octanol–water partition coefficient (Wildman–Crippen LogP) is 2.69. The van der Waals surface area contributed by atoms with Crippen LogP contribution >= 0.6 is 0 Å². The summed E-state index contributed by atoms with van der Waals surface area (Å²) in [6.07, 6.45) is 6.92. The third kappa shape index (κ3) is 4.71. The number of anilines is 3. The van der Waals surface area contributed by atoms with E-state index in [1.54, 1.807) is 24.5 Å². The smallest absolute Gasteiger partial charge is 0.255 e. The zero-order chi connectivity index (χ0) is 20.4. The number of rotatable bonds is 5. The Morgan fingerprint density at radius 3 is 2.59 bits per heavy atom. The predicted molar refractivity (Wildman–Crippen MR) is 110 cm³/mol. The maximum atomic E-state index is 12.8. The minimum absolute atomic E-state index is 0.0415. The Kier molecular flexibility index (Phi) is 5.44. The van der Waals surface area contributed by atoms with Gasteiger partial charge in [0.2, 0.25) is 5.91 Å². The molecule has 2 amide bonds. The Balaban J connectivity index is 1.49. The first-order valence-electron chi connectivity index (χ1n) is 9.92. The fourth-order valence-corrected chi connectivity index (χ4v) is 3.54. The summed E-state index contributed by atoms with van der Waals surface area (Å²) in [7, 11) is 0. The van der Waals surface area contributed by atoms with Crippen LogP contribution in [0.1, 0.15) is 37.0 Å². The van der Waals surface area contributed by atoms with E-state index in [-0.39, 0.29) is 29.9 Å². The Morgan fingerprint density at radius 1 is 1.10 bits per heavy atom. The molecule has 1 saturated heterocycles. The number of morpholine rings is 1. The van der Waals surface area contributed by atoms with Crippen LogP contribution in [-0.4, -0.2) is 47.1 Å². The molecule has 1 aliphatic heterocycles. The van der Waals surface area contributed by atoms with E-state index in [1.807, 2.05) is 19.9 Å². The maximum Gasteiger partial charge on any atom is 0.255 e. The van der Waals surface area contributed by atoms with Crippen LogP contribution in [-0.2, 0) is 9.53 Å². The lowest BCUT2D eigenvalue weighted by Gasteiger charge is -2.37. The van der Waals surface area contributed by atoms with Crippen molar-refractivity contribution in [1.82, 2.24) is 9.97 Å². The van der Waals surface area contributed by atoms with E-state index in [4.69, 9.17) is 4.74 Å². The lowest BCUT2D eigenvalue weighted by atomic mass is 10.2. The molecule has 2 aromatic rings. The van der Waals surface area contributed by atoms with Crippen molar-refractivity contribution in [2.75, 3.05) is 28.6 Å². The van der Waals surface area contributed by atoms with Gasteiger partial charge in [-0.15, -0.1) is 0 Å². The summed E-state index contributed by atoms with van der Waals surface area (Å²) in [5.41, 5.74) is 1.97. The number of aromatic nitrogens is 2. The molecule has 0 aromatic carbocycles. The first-order valence-corrected chi connectivity index (χ1v) is 9.92. The summed E-state index contributed by atoms with van der Waals surface area (Å²) in [6.45, 7) is 5.56. The number of pyridine rings is 2. The molecule has 2 atom stereocenters. The van der Waals surface area contributed by atoms with E-state index in [0.29, 0.717) is 17.1 Å². The number of carbonyl (C=O) groups excluding carboxylic acids is 2. The lowest BCUT2D eigenvalue weighted by Crippen LogP contribution is -2.45. The third-order valence-electron chi connectivity index (χ3n) is 5.03. The molecule has 29 heavy (non-hydrogen) atoms. The van der Waals surface area contributed by atoms with Crippen molar-refractivity contribution in [3.63, 3.8) is 0 Å². The summed E-state index contributed by atoms with van der Waals surface area (Å²) in [6, 6.07) is 5.11. The quantitative estimate of drug-likeness (QED) is 0.808. The minimum atomic E-state index is -0.280. The molecule has 1 saturated carbocycles. The molecule has 152 valence electrons. The van der Waals surface area contributed by atoms with Gasteiger partial charge in [0.1, 0.15) is 5.82 Å². The average molecular weight is 395 g/mol. The van der Waals surface area contributed by atoms with Crippen molar-refractivity contribution in [2.45, 2.75) is 38.9 Å². The van der Waals surface area contributed by atoms with E-state index >= 15 is 0 Å². The molecule has 0 unspecified atom stereocenters. The normalized spacial score (nSPS) is 21.5. The second kappa shape index (κ2) is 8.16. The zero-order valence-corrected chi connectivity index (χ0v) is 16.6. The van der Waals surface area contributed by atoms with Crippen molar-refractivity contribution in [1.29, 1.82) is 0 Å². The third-order valence-corrected chi connectivity index (χ3v) is 5.03. The monoisotopic (exact) mass is 395 g/mol. The van der Waals surface area contributed by atoms with Crippen molar-refractivity contribution >= 4 is 29.0 Å². The highest BCUT2D eigenvalue weighted by Crippen LogP contribution is 2.30. The van der Waals surface area contributed by atoms with Gasteiger partial charge >= 0.3 is 0 Å². The molecule has 2 aliphatic rings.